The Morgan fingerprint density at radius 2 is 1.96 bits per heavy atom. The van der Waals surface area contributed by atoms with Gasteiger partial charge in [-0.15, -0.1) is 0 Å². The molecule has 2 N–H and O–H groups in total. The zero-order valence-corrected chi connectivity index (χ0v) is 14.9. The predicted octanol–water partition coefficient (Wildman–Crippen LogP) is 2.59. The monoisotopic (exact) mass is 332 g/mol. The molecule has 4 atom stereocenters. The lowest BCUT2D eigenvalue weighted by Gasteiger charge is -2.39. The number of aliphatic hydroxyl groups is 1. The fourth-order valence-corrected chi connectivity index (χ4v) is 4.23. The van der Waals surface area contributed by atoms with Crippen molar-refractivity contribution in [1.29, 1.82) is 0 Å². The molecule has 134 valence electrons. The first-order valence-corrected chi connectivity index (χ1v) is 9.52. The predicted molar refractivity (Wildman–Crippen MR) is 97.0 cm³/mol. The van der Waals surface area contributed by atoms with E-state index in [1.165, 1.54) is 12.0 Å². The molecule has 4 nitrogen and oxygen atoms in total. The molecule has 0 spiro atoms. The van der Waals surface area contributed by atoms with Crippen molar-refractivity contribution >= 4 is 0 Å². The van der Waals surface area contributed by atoms with Gasteiger partial charge in [-0.1, -0.05) is 36.8 Å². The first kappa shape index (κ1) is 17.9. The number of aliphatic hydroxyl groups excluding tert-OH is 1. The normalized spacial score (nSPS) is 28.4. The van der Waals surface area contributed by atoms with E-state index in [4.69, 9.17) is 4.74 Å². The molecule has 0 radical (unpaired) electrons. The van der Waals surface area contributed by atoms with Gasteiger partial charge in [-0.2, -0.15) is 0 Å². The molecule has 1 aromatic rings. The van der Waals surface area contributed by atoms with Crippen molar-refractivity contribution in [2.45, 2.75) is 50.8 Å². The average molecular weight is 332 g/mol. The zero-order chi connectivity index (χ0) is 16.8. The maximum atomic E-state index is 9.89. The third kappa shape index (κ3) is 4.79. The molecule has 0 aromatic heterocycles. The summed E-state index contributed by atoms with van der Waals surface area (Å²) in [6.07, 6.45) is 4.24. The second-order valence-corrected chi connectivity index (χ2v) is 7.39. The van der Waals surface area contributed by atoms with Crippen LogP contribution in [0.5, 0.6) is 0 Å². The molecule has 1 saturated heterocycles. The van der Waals surface area contributed by atoms with Crippen molar-refractivity contribution in [3.05, 3.63) is 35.9 Å². The van der Waals surface area contributed by atoms with E-state index in [2.05, 4.69) is 47.5 Å². The standard InChI is InChI=1S/C20H32N2O2/c1-16(21-15-17-6-5-9-19(23)14-17)20(18-7-3-2-4-8-18)22-10-12-24-13-11-22/h2-4,7-8,16-17,19-21,23H,5-6,9-15H2,1H3. The summed E-state index contributed by atoms with van der Waals surface area (Å²) in [4.78, 5) is 2.55. The summed E-state index contributed by atoms with van der Waals surface area (Å²) < 4.78 is 5.54. The number of morpholine rings is 1. The van der Waals surface area contributed by atoms with Crippen LogP contribution in [0.15, 0.2) is 30.3 Å². The van der Waals surface area contributed by atoms with E-state index >= 15 is 0 Å². The van der Waals surface area contributed by atoms with Gasteiger partial charge in [0.05, 0.1) is 25.4 Å². The molecule has 3 rings (SSSR count). The van der Waals surface area contributed by atoms with Gasteiger partial charge < -0.3 is 15.2 Å². The first-order valence-electron chi connectivity index (χ1n) is 9.52. The Bertz CT molecular complexity index is 476. The molecule has 2 aliphatic rings. The van der Waals surface area contributed by atoms with Crippen LogP contribution >= 0.6 is 0 Å². The lowest BCUT2D eigenvalue weighted by atomic mass is 9.87. The Morgan fingerprint density at radius 3 is 2.67 bits per heavy atom. The lowest BCUT2D eigenvalue weighted by molar-refractivity contribution is 0.00787. The van der Waals surface area contributed by atoms with Crippen molar-refractivity contribution in [1.82, 2.24) is 10.2 Å². The van der Waals surface area contributed by atoms with E-state index in [0.29, 0.717) is 18.0 Å². The van der Waals surface area contributed by atoms with Gasteiger partial charge in [-0.05, 0) is 44.2 Å². The fourth-order valence-electron chi connectivity index (χ4n) is 4.23. The molecule has 1 saturated carbocycles. The molecule has 24 heavy (non-hydrogen) atoms. The van der Waals surface area contributed by atoms with Crippen molar-refractivity contribution in [3.8, 4) is 0 Å². The zero-order valence-electron chi connectivity index (χ0n) is 14.9. The fraction of sp³-hybridized carbons (Fsp3) is 0.700. The van der Waals surface area contributed by atoms with Gasteiger partial charge in [0.2, 0.25) is 0 Å². The summed E-state index contributed by atoms with van der Waals surface area (Å²) in [5.74, 6) is 0.609. The van der Waals surface area contributed by atoms with Crippen LogP contribution in [0, 0.1) is 5.92 Å². The number of nitrogens with one attached hydrogen (secondary N) is 1. The number of ether oxygens (including phenoxy) is 1. The average Bonchev–Trinajstić information content (AvgIpc) is 2.62. The minimum absolute atomic E-state index is 0.0926. The van der Waals surface area contributed by atoms with Crippen LogP contribution in [0.3, 0.4) is 0 Å². The Labute approximate surface area is 146 Å². The molecule has 1 aliphatic carbocycles. The summed E-state index contributed by atoms with van der Waals surface area (Å²) in [6, 6.07) is 11.6. The van der Waals surface area contributed by atoms with Crippen LogP contribution < -0.4 is 5.32 Å². The van der Waals surface area contributed by atoms with Crippen molar-refractivity contribution < 1.29 is 9.84 Å². The SMILES string of the molecule is CC(NCC1CCCC(O)C1)C(c1ccccc1)N1CCOCC1. The smallest absolute Gasteiger partial charge is 0.0594 e. The van der Waals surface area contributed by atoms with Gasteiger partial charge in [0.15, 0.2) is 0 Å². The van der Waals surface area contributed by atoms with Gasteiger partial charge in [0, 0.05) is 19.1 Å². The minimum atomic E-state index is -0.0926. The number of rotatable bonds is 6. The Hall–Kier alpha value is -0.940. The molecular weight excluding hydrogens is 300 g/mol. The van der Waals surface area contributed by atoms with Gasteiger partial charge in [0.25, 0.3) is 0 Å². The van der Waals surface area contributed by atoms with Crippen molar-refractivity contribution in [2.75, 3.05) is 32.8 Å². The highest BCUT2D eigenvalue weighted by Gasteiger charge is 2.28. The molecule has 1 aromatic carbocycles. The topological polar surface area (TPSA) is 44.7 Å². The van der Waals surface area contributed by atoms with E-state index in [-0.39, 0.29) is 6.10 Å². The van der Waals surface area contributed by atoms with Gasteiger partial charge >= 0.3 is 0 Å². The number of benzene rings is 1. The van der Waals surface area contributed by atoms with Crippen molar-refractivity contribution in [3.63, 3.8) is 0 Å². The van der Waals surface area contributed by atoms with Crippen LogP contribution in [0.25, 0.3) is 0 Å². The molecule has 4 unspecified atom stereocenters. The van der Waals surface area contributed by atoms with Crippen LogP contribution in [0.4, 0.5) is 0 Å². The maximum absolute atomic E-state index is 9.89. The highest BCUT2D eigenvalue weighted by Crippen LogP contribution is 2.27. The van der Waals surface area contributed by atoms with Gasteiger partial charge in [0.1, 0.15) is 0 Å². The summed E-state index contributed by atoms with van der Waals surface area (Å²) in [7, 11) is 0. The second kappa shape index (κ2) is 8.95. The highest BCUT2D eigenvalue weighted by molar-refractivity contribution is 5.21. The number of hydrogen-bond acceptors (Lipinski definition) is 4. The minimum Gasteiger partial charge on any atom is -0.393 e. The van der Waals surface area contributed by atoms with Crippen molar-refractivity contribution in [2.24, 2.45) is 5.92 Å². The highest BCUT2D eigenvalue weighted by atomic mass is 16.5. The van der Waals surface area contributed by atoms with Crippen LogP contribution in [-0.2, 0) is 4.74 Å². The van der Waals surface area contributed by atoms with E-state index in [1.54, 1.807) is 0 Å². The summed E-state index contributed by atoms with van der Waals surface area (Å²) in [6.45, 7) is 6.94. The second-order valence-electron chi connectivity index (χ2n) is 7.39. The van der Waals surface area contributed by atoms with Gasteiger partial charge in [-0.3, -0.25) is 4.90 Å². The van der Waals surface area contributed by atoms with E-state index in [1.807, 2.05) is 0 Å². The molecule has 2 fully saturated rings. The largest absolute Gasteiger partial charge is 0.393 e. The Balaban J connectivity index is 1.63. The first-order chi connectivity index (χ1) is 11.7. The summed E-state index contributed by atoms with van der Waals surface area (Å²) >= 11 is 0. The molecule has 4 heteroatoms. The molecule has 1 aliphatic heterocycles. The van der Waals surface area contributed by atoms with Crippen LogP contribution in [0.1, 0.15) is 44.2 Å². The Morgan fingerprint density at radius 1 is 1.21 bits per heavy atom. The van der Waals surface area contributed by atoms with Crippen LogP contribution in [-0.4, -0.2) is 55.0 Å². The van der Waals surface area contributed by atoms with E-state index in [0.717, 1.165) is 52.1 Å². The summed E-state index contributed by atoms with van der Waals surface area (Å²) in [5.41, 5.74) is 1.38. The number of nitrogens with zero attached hydrogens (tertiary/aromatic N) is 1. The number of hydrogen-bond donors (Lipinski definition) is 2. The van der Waals surface area contributed by atoms with Gasteiger partial charge in [-0.25, -0.2) is 0 Å². The molecular formula is C20H32N2O2. The van der Waals surface area contributed by atoms with E-state index in [9.17, 15) is 5.11 Å². The molecule has 0 bridgehead atoms. The third-order valence-electron chi connectivity index (χ3n) is 5.54. The quantitative estimate of drug-likeness (QED) is 0.840. The molecule has 0 amide bonds. The Kier molecular flexibility index (Phi) is 6.67. The summed E-state index contributed by atoms with van der Waals surface area (Å²) in [5, 5.41) is 13.7. The molecule has 1 heterocycles. The van der Waals surface area contributed by atoms with E-state index < -0.39 is 0 Å². The maximum Gasteiger partial charge on any atom is 0.0594 e. The van der Waals surface area contributed by atoms with Crippen LogP contribution in [0.2, 0.25) is 0 Å². The third-order valence-corrected chi connectivity index (χ3v) is 5.54. The lowest BCUT2D eigenvalue weighted by Crippen LogP contribution is -2.48.